The largest absolute Gasteiger partial charge is 0.458 e. The summed E-state index contributed by atoms with van der Waals surface area (Å²) >= 11 is 0. The van der Waals surface area contributed by atoms with Crippen LogP contribution >= 0.6 is 0 Å². The number of carbonyl (C=O) groups excluding carboxylic acids is 2. The van der Waals surface area contributed by atoms with Gasteiger partial charge in [-0.15, -0.1) is 0 Å². The molecule has 0 spiro atoms. The highest BCUT2D eigenvalue weighted by Crippen LogP contribution is 2.67. The molecule has 4 saturated carbocycles. The minimum Gasteiger partial charge on any atom is -0.458 e. The number of rotatable bonds is 6. The molecule has 0 N–H and O–H groups in total. The first-order chi connectivity index (χ1) is 15.8. The number of hydrogen-bond donors (Lipinski definition) is 0. The fraction of sp³-hybridized carbons (Fsp3) is 0.931. The van der Waals surface area contributed by atoms with E-state index in [1.54, 1.807) is 0 Å². The maximum absolute atomic E-state index is 13.3. The molecule has 5 nitrogen and oxygen atoms in total. The maximum atomic E-state index is 13.3. The average Bonchev–Trinajstić information content (AvgIpc) is 3.26. The minimum absolute atomic E-state index is 0.0155. The van der Waals surface area contributed by atoms with E-state index in [1.807, 2.05) is 0 Å². The summed E-state index contributed by atoms with van der Waals surface area (Å²) in [6.07, 6.45) is 10.1. The van der Waals surface area contributed by atoms with Crippen molar-refractivity contribution in [3.63, 3.8) is 0 Å². The number of carbonyl (C=O) groups is 2. The number of esters is 2. The van der Waals surface area contributed by atoms with Crippen molar-refractivity contribution in [2.75, 3.05) is 26.2 Å². The average molecular weight is 475 g/mol. The Morgan fingerprint density at radius 3 is 1.44 bits per heavy atom. The third-order valence-corrected chi connectivity index (χ3v) is 12.7. The summed E-state index contributed by atoms with van der Waals surface area (Å²) in [7, 11) is 0. The van der Waals surface area contributed by atoms with Gasteiger partial charge >= 0.3 is 11.9 Å². The molecule has 1 saturated heterocycles. The van der Waals surface area contributed by atoms with Gasteiger partial charge in [0, 0.05) is 10.8 Å². The van der Waals surface area contributed by atoms with Crippen LogP contribution in [-0.2, 0) is 19.1 Å². The van der Waals surface area contributed by atoms with Crippen molar-refractivity contribution in [1.82, 2.24) is 0 Å². The fourth-order valence-corrected chi connectivity index (χ4v) is 9.11. The van der Waals surface area contributed by atoms with Crippen LogP contribution in [0.3, 0.4) is 0 Å². The predicted octanol–water partition coefficient (Wildman–Crippen LogP) is 5.50. The van der Waals surface area contributed by atoms with E-state index in [1.165, 1.54) is 19.3 Å². The van der Waals surface area contributed by atoms with E-state index in [-0.39, 0.29) is 45.8 Å². The molecule has 192 valence electrons. The minimum atomic E-state index is -0.114. The van der Waals surface area contributed by atoms with Gasteiger partial charge in [0.05, 0.1) is 13.1 Å². The van der Waals surface area contributed by atoms with E-state index >= 15 is 0 Å². The van der Waals surface area contributed by atoms with Crippen molar-refractivity contribution in [3.05, 3.63) is 0 Å². The van der Waals surface area contributed by atoms with Crippen molar-refractivity contribution in [2.45, 2.75) is 112 Å². The number of likely N-dealkylation sites (tertiary alicyclic amines) is 1. The Morgan fingerprint density at radius 2 is 1.12 bits per heavy atom. The van der Waals surface area contributed by atoms with Crippen molar-refractivity contribution in [1.29, 1.82) is 0 Å². The van der Waals surface area contributed by atoms with Gasteiger partial charge < -0.3 is 14.0 Å². The normalized spacial score (nSPS) is 43.1. The molecular formula is C29H48NO4+. The monoisotopic (exact) mass is 474 g/mol. The van der Waals surface area contributed by atoms with E-state index in [9.17, 15) is 9.59 Å². The van der Waals surface area contributed by atoms with Crippen LogP contribution in [0.15, 0.2) is 0 Å². The molecule has 0 aromatic rings. The Balaban J connectivity index is 1.23. The smallest absolute Gasteiger partial charge is 0.362 e. The number of fused-ring (bicyclic) bond motifs is 4. The molecule has 6 atom stereocenters. The van der Waals surface area contributed by atoms with Crippen molar-refractivity contribution >= 4 is 11.9 Å². The van der Waals surface area contributed by atoms with Gasteiger partial charge in [0.15, 0.2) is 13.1 Å². The molecule has 0 unspecified atom stereocenters. The predicted molar refractivity (Wildman–Crippen MR) is 132 cm³/mol. The summed E-state index contributed by atoms with van der Waals surface area (Å²) < 4.78 is 12.9. The van der Waals surface area contributed by atoms with Crippen LogP contribution in [0.1, 0.15) is 99.3 Å². The maximum Gasteiger partial charge on any atom is 0.362 e. The van der Waals surface area contributed by atoms with Gasteiger partial charge in [0.2, 0.25) is 0 Å². The Labute approximate surface area is 206 Å². The Morgan fingerprint density at radius 1 is 0.706 bits per heavy atom. The highest BCUT2D eigenvalue weighted by molar-refractivity contribution is 5.73. The summed E-state index contributed by atoms with van der Waals surface area (Å²) in [6, 6.07) is 0. The lowest BCUT2D eigenvalue weighted by molar-refractivity contribution is -0.919. The summed E-state index contributed by atoms with van der Waals surface area (Å²) in [5.41, 5.74) is 0.597. The molecule has 34 heavy (non-hydrogen) atoms. The van der Waals surface area contributed by atoms with Gasteiger partial charge in [-0.3, -0.25) is 0 Å². The number of ether oxygens (including phenoxy) is 2. The van der Waals surface area contributed by atoms with Gasteiger partial charge in [-0.05, 0) is 80.5 Å². The second kappa shape index (κ2) is 7.95. The molecule has 4 aliphatic carbocycles. The molecule has 5 fully saturated rings. The van der Waals surface area contributed by atoms with Gasteiger partial charge in [-0.25, -0.2) is 9.59 Å². The zero-order valence-electron chi connectivity index (χ0n) is 22.6. The van der Waals surface area contributed by atoms with E-state index in [4.69, 9.17) is 9.47 Å². The zero-order chi connectivity index (χ0) is 24.6. The summed E-state index contributed by atoms with van der Waals surface area (Å²) in [5.74, 6) is 1.07. The van der Waals surface area contributed by atoms with Gasteiger partial charge in [-0.1, -0.05) is 41.5 Å². The molecule has 5 aliphatic rings. The summed E-state index contributed by atoms with van der Waals surface area (Å²) in [5, 5.41) is 0. The zero-order valence-corrected chi connectivity index (χ0v) is 22.6. The molecular weight excluding hydrogens is 426 g/mol. The highest BCUT2D eigenvalue weighted by Gasteiger charge is 2.64. The van der Waals surface area contributed by atoms with Crippen LogP contribution < -0.4 is 0 Å². The Bertz CT molecular complexity index is 781. The standard InChI is InChI=1S/C29H48NO4/c1-26(2)20-10-12-28(26,5)22(16-20)33-24(31)18-30(14-8-7-9-15-30)19-25(32)34-23-17-21-11-13-29(23,6)27(21,3)4/h20-23H,7-19H2,1-6H3/q+1/t20-,21+,22-,23+,28+,29-. The molecule has 0 aromatic heterocycles. The van der Waals surface area contributed by atoms with Crippen molar-refractivity contribution in [2.24, 2.45) is 33.5 Å². The second-order valence-corrected chi connectivity index (χ2v) is 14.3. The summed E-state index contributed by atoms with van der Waals surface area (Å²) in [6.45, 7) is 16.4. The lowest BCUT2D eigenvalue weighted by Gasteiger charge is -2.42. The number of nitrogens with zero attached hydrogens (tertiary/aromatic N) is 1. The fourth-order valence-electron chi connectivity index (χ4n) is 9.11. The van der Waals surface area contributed by atoms with Crippen LogP contribution in [0.25, 0.3) is 0 Å². The molecule has 0 radical (unpaired) electrons. The lowest BCUT2D eigenvalue weighted by atomic mass is 9.70. The van der Waals surface area contributed by atoms with Crippen molar-refractivity contribution in [3.8, 4) is 0 Å². The number of piperidine rings is 1. The quantitative estimate of drug-likeness (QED) is 0.377. The van der Waals surface area contributed by atoms with Gasteiger partial charge in [0.25, 0.3) is 0 Å². The van der Waals surface area contributed by atoms with Gasteiger partial charge in [-0.2, -0.15) is 0 Å². The van der Waals surface area contributed by atoms with Gasteiger partial charge in [0.1, 0.15) is 12.2 Å². The molecule has 5 heteroatoms. The first kappa shape index (κ1) is 24.6. The molecule has 0 amide bonds. The van der Waals surface area contributed by atoms with Crippen LogP contribution in [0.4, 0.5) is 0 Å². The third-order valence-electron chi connectivity index (χ3n) is 12.7. The first-order valence-corrected chi connectivity index (χ1v) is 14.1. The SMILES string of the molecule is CC1(C)[C@@H]2CC[C@@]1(C)[C@H](OC(=O)C[N+]1(CC(=O)O[C@H]3C[C@@H]4CC[C@@]3(C)C4(C)C)CCCCC1)C2. The third kappa shape index (κ3) is 3.50. The molecule has 0 aromatic carbocycles. The molecule has 5 rings (SSSR count). The summed E-state index contributed by atoms with van der Waals surface area (Å²) in [4.78, 5) is 26.6. The second-order valence-electron chi connectivity index (χ2n) is 14.3. The lowest BCUT2D eigenvalue weighted by Crippen LogP contribution is -2.58. The molecule has 1 aliphatic heterocycles. The van der Waals surface area contributed by atoms with E-state index in [0.29, 0.717) is 29.4 Å². The van der Waals surface area contributed by atoms with Crippen molar-refractivity contribution < 1.29 is 23.5 Å². The van der Waals surface area contributed by atoms with Crippen LogP contribution in [-0.4, -0.2) is 54.8 Å². The number of quaternary nitrogens is 1. The molecule has 1 heterocycles. The van der Waals surface area contributed by atoms with Crippen LogP contribution in [0.2, 0.25) is 0 Å². The Kier molecular flexibility index (Phi) is 5.75. The van der Waals surface area contributed by atoms with Crippen LogP contribution in [0.5, 0.6) is 0 Å². The van der Waals surface area contributed by atoms with E-state index < -0.39 is 0 Å². The number of hydrogen-bond acceptors (Lipinski definition) is 4. The Hall–Kier alpha value is -1.10. The van der Waals surface area contributed by atoms with E-state index in [0.717, 1.165) is 51.6 Å². The van der Waals surface area contributed by atoms with E-state index in [2.05, 4.69) is 41.5 Å². The molecule has 4 bridgehead atoms. The van der Waals surface area contributed by atoms with Crippen LogP contribution in [0, 0.1) is 33.5 Å². The first-order valence-electron chi connectivity index (χ1n) is 14.1. The highest BCUT2D eigenvalue weighted by atomic mass is 16.6. The topological polar surface area (TPSA) is 52.6 Å².